The number of carboxylic acids is 1. The molecule has 1 aromatic heterocycles. The summed E-state index contributed by atoms with van der Waals surface area (Å²) >= 11 is 1.48. The number of esters is 1. The number of aromatic nitrogens is 1. The summed E-state index contributed by atoms with van der Waals surface area (Å²) in [5.41, 5.74) is 2.09. The van der Waals surface area contributed by atoms with Gasteiger partial charge < -0.3 is 20.1 Å². The van der Waals surface area contributed by atoms with E-state index >= 15 is 0 Å². The zero-order chi connectivity index (χ0) is 27.7. The van der Waals surface area contributed by atoms with Gasteiger partial charge in [0, 0.05) is 55.7 Å². The Morgan fingerprint density at radius 3 is 2.64 bits per heavy atom. The smallest absolute Gasteiger partial charge is 0.337 e. The van der Waals surface area contributed by atoms with Crippen LogP contribution in [0.5, 0.6) is 0 Å². The number of piperazine rings is 1. The number of nitrogens with one attached hydrogen (secondary N) is 1. The van der Waals surface area contributed by atoms with E-state index < -0.39 is 17.4 Å². The molecule has 0 unspecified atom stereocenters. The molecule has 0 radical (unpaired) electrons. The predicted molar refractivity (Wildman–Crippen MR) is 147 cm³/mol. The minimum absolute atomic E-state index is 0.00902. The van der Waals surface area contributed by atoms with Gasteiger partial charge in [-0.25, -0.2) is 14.6 Å². The lowest BCUT2D eigenvalue weighted by atomic mass is 9.86. The van der Waals surface area contributed by atoms with Gasteiger partial charge in [0.25, 0.3) is 0 Å². The van der Waals surface area contributed by atoms with Crippen molar-refractivity contribution in [1.29, 1.82) is 0 Å². The Morgan fingerprint density at radius 2 is 1.97 bits per heavy atom. The number of fused-ring (bicyclic) bond motifs is 1. The van der Waals surface area contributed by atoms with Crippen molar-refractivity contribution in [3.63, 3.8) is 0 Å². The van der Waals surface area contributed by atoms with Crippen LogP contribution in [0.4, 0.5) is 10.5 Å². The van der Waals surface area contributed by atoms with E-state index in [2.05, 4.69) is 20.2 Å². The van der Waals surface area contributed by atoms with Crippen molar-refractivity contribution >= 4 is 40.8 Å². The molecule has 2 amide bonds. The Morgan fingerprint density at radius 1 is 1.21 bits per heavy atom. The fourth-order valence-corrected chi connectivity index (χ4v) is 5.75. The summed E-state index contributed by atoms with van der Waals surface area (Å²) in [5, 5.41) is 15.4. The molecular formula is C27H32N6O5S. The van der Waals surface area contributed by atoms with E-state index in [0.717, 1.165) is 22.0 Å². The molecule has 0 aliphatic carbocycles. The van der Waals surface area contributed by atoms with Crippen molar-refractivity contribution in [3.05, 3.63) is 57.7 Å². The molecule has 0 bridgehead atoms. The van der Waals surface area contributed by atoms with Gasteiger partial charge in [0.15, 0.2) is 10.8 Å². The number of carboxylic acid groups (broad SMARTS) is 1. The van der Waals surface area contributed by atoms with E-state index in [-0.39, 0.29) is 18.6 Å². The van der Waals surface area contributed by atoms with Crippen LogP contribution in [0.15, 0.2) is 52.1 Å². The Kier molecular flexibility index (Phi) is 7.41. The molecule has 39 heavy (non-hydrogen) atoms. The number of thiazole rings is 1. The normalized spacial score (nSPS) is 20.0. The monoisotopic (exact) mass is 552 g/mol. The van der Waals surface area contributed by atoms with Crippen LogP contribution in [0.3, 0.4) is 0 Å². The van der Waals surface area contributed by atoms with E-state index in [1.54, 1.807) is 24.9 Å². The highest BCUT2D eigenvalue weighted by atomic mass is 32.1. The summed E-state index contributed by atoms with van der Waals surface area (Å²) in [6, 6.07) is 7.55. The second kappa shape index (κ2) is 10.8. The van der Waals surface area contributed by atoms with Crippen molar-refractivity contribution in [3.8, 4) is 0 Å². The van der Waals surface area contributed by atoms with Crippen LogP contribution in [0.1, 0.15) is 24.4 Å². The highest BCUT2D eigenvalue weighted by Gasteiger charge is 2.41. The number of ether oxygens (including phenoxy) is 1. The first-order valence-corrected chi connectivity index (χ1v) is 13.7. The number of benzene rings is 1. The zero-order valence-corrected chi connectivity index (χ0v) is 23.0. The van der Waals surface area contributed by atoms with Gasteiger partial charge >= 0.3 is 18.0 Å². The van der Waals surface area contributed by atoms with Crippen molar-refractivity contribution in [2.75, 3.05) is 51.3 Å². The Hall–Kier alpha value is -3.77. The number of carbonyl (C=O) groups excluding carboxylic acids is 2. The van der Waals surface area contributed by atoms with Crippen LogP contribution < -0.4 is 10.2 Å². The number of amidine groups is 1. The van der Waals surface area contributed by atoms with Gasteiger partial charge in [-0.2, -0.15) is 0 Å². The topological polar surface area (TPSA) is 128 Å². The van der Waals surface area contributed by atoms with Crippen LogP contribution in [0, 0.1) is 5.41 Å². The van der Waals surface area contributed by atoms with Crippen LogP contribution in [0.2, 0.25) is 0 Å². The van der Waals surface area contributed by atoms with Crippen molar-refractivity contribution in [2.45, 2.75) is 26.3 Å². The SMILES string of the molecule is COC(=O)C1=C(CN2CCN3C(=O)N(c4ccc(CC(C)(C)C(=O)O)cc4)C[C@@H]3C2)NC(c2nccs2)=NC1. The zero-order valence-electron chi connectivity index (χ0n) is 22.2. The number of anilines is 1. The second-order valence-corrected chi connectivity index (χ2v) is 11.5. The lowest BCUT2D eigenvalue weighted by molar-refractivity contribution is -0.146. The minimum atomic E-state index is -0.863. The molecule has 1 atom stereocenters. The molecule has 2 fully saturated rings. The molecule has 0 spiro atoms. The molecule has 3 aliphatic rings. The lowest BCUT2D eigenvalue weighted by Crippen LogP contribution is -2.53. The average Bonchev–Trinajstić information content (AvgIpc) is 3.57. The first-order chi connectivity index (χ1) is 18.7. The van der Waals surface area contributed by atoms with Crippen LogP contribution >= 0.6 is 11.3 Å². The third-order valence-corrected chi connectivity index (χ3v) is 8.17. The van der Waals surface area contributed by atoms with Crippen molar-refractivity contribution in [1.82, 2.24) is 20.1 Å². The summed E-state index contributed by atoms with van der Waals surface area (Å²) in [5.74, 6) is -0.605. The van der Waals surface area contributed by atoms with E-state index in [0.29, 0.717) is 50.6 Å². The lowest BCUT2D eigenvalue weighted by Gasteiger charge is -2.37. The van der Waals surface area contributed by atoms with E-state index in [1.807, 2.05) is 34.5 Å². The van der Waals surface area contributed by atoms with Gasteiger partial charge in [-0.15, -0.1) is 11.3 Å². The number of urea groups is 1. The molecule has 2 N–H and O–H groups in total. The molecule has 2 saturated heterocycles. The Balaban J connectivity index is 1.25. The van der Waals surface area contributed by atoms with Gasteiger partial charge in [-0.05, 0) is 38.0 Å². The standard InChI is InChI=1S/C27H32N6O5S/c1-27(2,25(35)36)12-17-4-6-18(7-5-17)33-15-19-14-31(9-10-32(19)26(33)37)16-21-20(24(34)38-3)13-29-22(30-21)23-28-8-11-39-23/h4-8,11,19H,9-10,12-16H2,1-3H3,(H,29,30)(H,35,36)/t19-/m0/s1. The Labute approximate surface area is 230 Å². The molecule has 206 valence electrons. The number of nitrogens with zero attached hydrogens (tertiary/aromatic N) is 5. The summed E-state index contributed by atoms with van der Waals surface area (Å²) in [7, 11) is 1.37. The second-order valence-electron chi connectivity index (χ2n) is 10.6. The van der Waals surface area contributed by atoms with E-state index in [4.69, 9.17) is 4.74 Å². The minimum Gasteiger partial charge on any atom is -0.481 e. The van der Waals surface area contributed by atoms with Crippen LogP contribution in [-0.2, 0) is 20.7 Å². The number of aliphatic imine (C=N–C) groups is 1. The molecule has 1 aromatic carbocycles. The van der Waals surface area contributed by atoms with Crippen molar-refractivity contribution in [2.24, 2.45) is 10.4 Å². The number of amides is 2. The van der Waals surface area contributed by atoms with Crippen molar-refractivity contribution < 1.29 is 24.2 Å². The van der Waals surface area contributed by atoms with Crippen LogP contribution in [-0.4, -0.2) is 96.1 Å². The predicted octanol–water partition coefficient (Wildman–Crippen LogP) is 2.20. The summed E-state index contributed by atoms with van der Waals surface area (Å²) in [4.78, 5) is 51.9. The molecule has 2 aromatic rings. The maximum absolute atomic E-state index is 13.2. The number of carbonyl (C=O) groups is 3. The molecular weight excluding hydrogens is 520 g/mol. The largest absolute Gasteiger partial charge is 0.481 e. The number of hydrogen-bond acceptors (Lipinski definition) is 9. The van der Waals surface area contributed by atoms with Crippen LogP contribution in [0.25, 0.3) is 0 Å². The van der Waals surface area contributed by atoms with Gasteiger partial charge in [0.2, 0.25) is 0 Å². The first-order valence-electron chi connectivity index (χ1n) is 12.8. The number of aliphatic carboxylic acids is 1. The molecule has 5 rings (SSSR count). The van der Waals surface area contributed by atoms with Gasteiger partial charge in [0.05, 0.1) is 30.7 Å². The molecule has 3 aliphatic heterocycles. The fraction of sp³-hybridized carbons (Fsp3) is 0.444. The van der Waals surface area contributed by atoms with Gasteiger partial charge in [0.1, 0.15) is 0 Å². The third-order valence-electron chi connectivity index (χ3n) is 7.39. The van der Waals surface area contributed by atoms with E-state index in [1.165, 1.54) is 18.4 Å². The summed E-state index contributed by atoms with van der Waals surface area (Å²) in [6.45, 7) is 6.60. The highest BCUT2D eigenvalue weighted by molar-refractivity contribution is 7.11. The fourth-order valence-electron chi connectivity index (χ4n) is 5.15. The molecule has 0 saturated carbocycles. The maximum Gasteiger partial charge on any atom is 0.337 e. The number of rotatable bonds is 8. The highest BCUT2D eigenvalue weighted by Crippen LogP contribution is 2.29. The number of methoxy groups -OCH3 is 1. The summed E-state index contributed by atoms with van der Waals surface area (Å²) in [6.07, 6.45) is 2.13. The van der Waals surface area contributed by atoms with Gasteiger partial charge in [-0.1, -0.05) is 12.1 Å². The maximum atomic E-state index is 13.2. The molecule has 4 heterocycles. The van der Waals surface area contributed by atoms with E-state index in [9.17, 15) is 19.5 Å². The molecule has 11 nitrogen and oxygen atoms in total. The number of hydrogen-bond donors (Lipinski definition) is 2. The first kappa shape index (κ1) is 26.8. The third kappa shape index (κ3) is 5.52. The quantitative estimate of drug-likeness (QED) is 0.477. The van der Waals surface area contributed by atoms with Gasteiger partial charge in [-0.3, -0.25) is 19.6 Å². The average molecular weight is 553 g/mol. The Bertz CT molecular complexity index is 1320. The molecule has 12 heteroatoms. The summed E-state index contributed by atoms with van der Waals surface area (Å²) < 4.78 is 5.00.